The van der Waals surface area contributed by atoms with E-state index in [2.05, 4.69) is 37.0 Å². The van der Waals surface area contributed by atoms with Crippen molar-refractivity contribution in [2.24, 2.45) is 0 Å². The van der Waals surface area contributed by atoms with Crippen LogP contribution in [0.1, 0.15) is 11.1 Å². The Labute approximate surface area is 93.6 Å². The molecular weight excluding hydrogens is 206 g/mol. The number of nitrogens with zero attached hydrogens (tertiary/aromatic N) is 1. The molecule has 1 heterocycles. The van der Waals surface area contributed by atoms with Crippen LogP contribution in [0.2, 0.25) is 0 Å². The number of thiazole rings is 1. The van der Waals surface area contributed by atoms with Crippen LogP contribution in [0.3, 0.4) is 0 Å². The summed E-state index contributed by atoms with van der Waals surface area (Å²) in [7, 11) is 1.64. The molecule has 0 bridgehead atoms. The smallest absolute Gasteiger partial charge is 0.273 e. The van der Waals surface area contributed by atoms with Crippen LogP contribution in [0, 0.1) is 13.8 Å². The SMILES string of the molecule is COc1nc(-c2ccc(C)cc2C)cs1. The van der Waals surface area contributed by atoms with Gasteiger partial charge in [-0.1, -0.05) is 35.1 Å². The molecule has 3 heteroatoms. The van der Waals surface area contributed by atoms with Gasteiger partial charge in [0.25, 0.3) is 5.19 Å². The number of rotatable bonds is 2. The van der Waals surface area contributed by atoms with Crippen LogP contribution in [0.5, 0.6) is 5.19 Å². The molecule has 15 heavy (non-hydrogen) atoms. The predicted molar refractivity (Wildman–Crippen MR) is 63.6 cm³/mol. The van der Waals surface area contributed by atoms with Gasteiger partial charge in [0.2, 0.25) is 0 Å². The molecule has 0 amide bonds. The van der Waals surface area contributed by atoms with Crippen LogP contribution in [0.4, 0.5) is 0 Å². The zero-order valence-electron chi connectivity index (χ0n) is 9.07. The maximum absolute atomic E-state index is 5.09. The van der Waals surface area contributed by atoms with E-state index in [-0.39, 0.29) is 0 Å². The Morgan fingerprint density at radius 3 is 2.67 bits per heavy atom. The summed E-state index contributed by atoms with van der Waals surface area (Å²) in [6.07, 6.45) is 0. The van der Waals surface area contributed by atoms with E-state index in [1.54, 1.807) is 7.11 Å². The zero-order chi connectivity index (χ0) is 10.8. The highest BCUT2D eigenvalue weighted by molar-refractivity contribution is 7.11. The van der Waals surface area contributed by atoms with Gasteiger partial charge in [-0.05, 0) is 19.4 Å². The molecule has 78 valence electrons. The van der Waals surface area contributed by atoms with Crippen molar-refractivity contribution in [3.63, 3.8) is 0 Å². The molecule has 0 aliphatic carbocycles. The Morgan fingerprint density at radius 2 is 2.07 bits per heavy atom. The molecule has 0 spiro atoms. The third-order valence-corrected chi connectivity index (χ3v) is 3.12. The van der Waals surface area contributed by atoms with Crippen molar-refractivity contribution in [3.05, 3.63) is 34.7 Å². The summed E-state index contributed by atoms with van der Waals surface area (Å²) < 4.78 is 5.09. The first-order chi connectivity index (χ1) is 7.20. The Kier molecular flexibility index (Phi) is 2.73. The van der Waals surface area contributed by atoms with E-state index in [0.717, 1.165) is 5.69 Å². The van der Waals surface area contributed by atoms with Crippen LogP contribution in [-0.2, 0) is 0 Å². The summed E-state index contributed by atoms with van der Waals surface area (Å²) in [6, 6.07) is 6.38. The number of hydrogen-bond donors (Lipinski definition) is 0. The second-order valence-electron chi connectivity index (χ2n) is 3.52. The number of ether oxygens (including phenoxy) is 1. The van der Waals surface area contributed by atoms with Gasteiger partial charge in [-0.2, -0.15) is 0 Å². The highest BCUT2D eigenvalue weighted by Crippen LogP contribution is 2.28. The van der Waals surface area contributed by atoms with E-state index >= 15 is 0 Å². The monoisotopic (exact) mass is 219 g/mol. The molecule has 2 nitrogen and oxygen atoms in total. The van der Waals surface area contributed by atoms with Gasteiger partial charge >= 0.3 is 0 Å². The number of aromatic nitrogens is 1. The molecule has 0 fully saturated rings. The van der Waals surface area contributed by atoms with Crippen LogP contribution >= 0.6 is 11.3 Å². The van der Waals surface area contributed by atoms with Gasteiger partial charge in [-0.15, -0.1) is 0 Å². The number of hydrogen-bond acceptors (Lipinski definition) is 3. The van der Waals surface area contributed by atoms with Gasteiger partial charge in [-0.25, -0.2) is 4.98 Å². The molecule has 2 aromatic rings. The highest BCUT2D eigenvalue weighted by Gasteiger charge is 2.06. The van der Waals surface area contributed by atoms with Crippen molar-refractivity contribution in [1.29, 1.82) is 0 Å². The lowest BCUT2D eigenvalue weighted by Gasteiger charge is -2.03. The minimum atomic E-state index is 0.713. The summed E-state index contributed by atoms with van der Waals surface area (Å²) in [4.78, 5) is 4.39. The fraction of sp³-hybridized carbons (Fsp3) is 0.250. The Balaban J connectivity index is 2.44. The lowest BCUT2D eigenvalue weighted by molar-refractivity contribution is 0.412. The van der Waals surface area contributed by atoms with Crippen molar-refractivity contribution >= 4 is 11.3 Å². The molecule has 0 radical (unpaired) electrons. The van der Waals surface area contributed by atoms with Crippen molar-refractivity contribution in [2.45, 2.75) is 13.8 Å². The molecule has 0 saturated carbocycles. The molecule has 0 aliphatic rings. The normalized spacial score (nSPS) is 10.3. The third kappa shape index (κ3) is 2.02. The first-order valence-electron chi connectivity index (χ1n) is 4.78. The second-order valence-corrected chi connectivity index (χ2v) is 4.34. The lowest BCUT2D eigenvalue weighted by atomic mass is 10.0. The number of aryl methyl sites for hydroxylation is 2. The molecule has 1 aromatic carbocycles. The van der Waals surface area contributed by atoms with Gasteiger partial charge < -0.3 is 4.74 Å². The van der Waals surface area contributed by atoms with Gasteiger partial charge in [0.15, 0.2) is 0 Å². The zero-order valence-corrected chi connectivity index (χ0v) is 9.89. The molecular formula is C12H13NOS. The fourth-order valence-corrected chi connectivity index (χ4v) is 2.22. The molecule has 0 N–H and O–H groups in total. The van der Waals surface area contributed by atoms with Crippen molar-refractivity contribution in [2.75, 3.05) is 7.11 Å². The molecule has 0 aliphatic heterocycles. The fourth-order valence-electron chi connectivity index (χ4n) is 1.58. The largest absolute Gasteiger partial charge is 0.473 e. The summed E-state index contributed by atoms with van der Waals surface area (Å²) >= 11 is 1.52. The summed E-state index contributed by atoms with van der Waals surface area (Å²) in [5, 5.41) is 2.74. The van der Waals surface area contributed by atoms with Crippen molar-refractivity contribution in [1.82, 2.24) is 4.98 Å². The van der Waals surface area contributed by atoms with E-state index in [1.165, 1.54) is 28.0 Å². The van der Waals surface area contributed by atoms with E-state index in [1.807, 2.05) is 5.38 Å². The Bertz CT molecular complexity index is 476. The van der Waals surface area contributed by atoms with Gasteiger partial charge in [-0.3, -0.25) is 0 Å². The standard InChI is InChI=1S/C12H13NOS/c1-8-4-5-10(9(2)6-8)11-7-15-12(13-11)14-3/h4-7H,1-3H3. The van der Waals surface area contributed by atoms with Crippen LogP contribution in [0.15, 0.2) is 23.6 Å². The molecule has 0 saturated heterocycles. The third-order valence-electron chi connectivity index (χ3n) is 2.32. The van der Waals surface area contributed by atoms with E-state index in [9.17, 15) is 0 Å². The molecule has 2 rings (SSSR count). The topological polar surface area (TPSA) is 22.1 Å². The minimum Gasteiger partial charge on any atom is -0.473 e. The van der Waals surface area contributed by atoms with Crippen molar-refractivity contribution in [3.8, 4) is 16.5 Å². The van der Waals surface area contributed by atoms with Gasteiger partial charge in [0.1, 0.15) is 0 Å². The van der Waals surface area contributed by atoms with E-state index in [4.69, 9.17) is 4.74 Å². The average Bonchev–Trinajstić information content (AvgIpc) is 2.66. The molecule has 0 unspecified atom stereocenters. The van der Waals surface area contributed by atoms with Crippen LogP contribution in [-0.4, -0.2) is 12.1 Å². The maximum atomic E-state index is 5.09. The van der Waals surface area contributed by atoms with Crippen LogP contribution in [0.25, 0.3) is 11.3 Å². The van der Waals surface area contributed by atoms with Crippen molar-refractivity contribution < 1.29 is 4.74 Å². The maximum Gasteiger partial charge on any atom is 0.273 e. The highest BCUT2D eigenvalue weighted by atomic mass is 32.1. The first kappa shape index (κ1) is 10.2. The van der Waals surface area contributed by atoms with Crippen LogP contribution < -0.4 is 4.74 Å². The minimum absolute atomic E-state index is 0.713. The first-order valence-corrected chi connectivity index (χ1v) is 5.66. The molecule has 0 atom stereocenters. The van der Waals surface area contributed by atoms with Gasteiger partial charge in [0, 0.05) is 10.9 Å². The summed E-state index contributed by atoms with van der Waals surface area (Å²) in [6.45, 7) is 4.20. The molecule has 1 aromatic heterocycles. The van der Waals surface area contributed by atoms with Gasteiger partial charge in [0.05, 0.1) is 12.8 Å². The second kappa shape index (κ2) is 4.03. The number of benzene rings is 1. The summed E-state index contributed by atoms with van der Waals surface area (Å²) in [5.74, 6) is 0. The van der Waals surface area contributed by atoms with E-state index < -0.39 is 0 Å². The lowest BCUT2D eigenvalue weighted by Crippen LogP contribution is -1.85. The number of methoxy groups -OCH3 is 1. The Morgan fingerprint density at radius 1 is 1.27 bits per heavy atom. The summed E-state index contributed by atoms with van der Waals surface area (Å²) in [5.41, 5.74) is 4.70. The average molecular weight is 219 g/mol. The predicted octanol–water partition coefficient (Wildman–Crippen LogP) is 3.44. The Hall–Kier alpha value is -1.35. The van der Waals surface area contributed by atoms with E-state index in [0.29, 0.717) is 5.19 Å². The quantitative estimate of drug-likeness (QED) is 0.772.